The SMILES string of the molecule is CCC(C)C(C)NC(=O)c1ccc(C#CCCO)cc1. The van der Waals surface area contributed by atoms with Gasteiger partial charge in [0.15, 0.2) is 0 Å². The number of rotatable bonds is 5. The van der Waals surface area contributed by atoms with Gasteiger partial charge in [-0.2, -0.15) is 0 Å². The third-order valence-corrected chi connectivity index (χ3v) is 3.47. The molecular formula is C17H23NO2. The Morgan fingerprint density at radius 2 is 1.95 bits per heavy atom. The van der Waals surface area contributed by atoms with E-state index in [0.29, 0.717) is 17.9 Å². The van der Waals surface area contributed by atoms with Gasteiger partial charge in [-0.3, -0.25) is 4.79 Å². The maximum atomic E-state index is 12.1. The first-order valence-corrected chi connectivity index (χ1v) is 7.09. The summed E-state index contributed by atoms with van der Waals surface area (Å²) in [6.07, 6.45) is 1.51. The fraction of sp³-hybridized carbons (Fsp3) is 0.471. The molecule has 1 aromatic carbocycles. The number of amides is 1. The molecule has 0 aromatic heterocycles. The van der Waals surface area contributed by atoms with Crippen molar-refractivity contribution < 1.29 is 9.90 Å². The van der Waals surface area contributed by atoms with Crippen molar-refractivity contribution in [3.8, 4) is 11.8 Å². The summed E-state index contributed by atoms with van der Waals surface area (Å²) in [5.74, 6) is 6.20. The van der Waals surface area contributed by atoms with Crippen LogP contribution in [0.4, 0.5) is 0 Å². The molecule has 2 unspecified atom stereocenters. The standard InChI is InChI=1S/C17H23NO2/c1-4-13(2)14(3)18-17(20)16-10-8-15(9-11-16)7-5-6-12-19/h8-11,13-14,19H,4,6,12H2,1-3H3,(H,18,20). The number of benzene rings is 1. The second-order valence-electron chi connectivity index (χ2n) is 5.00. The Morgan fingerprint density at radius 1 is 1.30 bits per heavy atom. The first kappa shape index (κ1) is 16.3. The molecule has 2 atom stereocenters. The molecule has 0 aliphatic heterocycles. The van der Waals surface area contributed by atoms with Gasteiger partial charge in [-0.05, 0) is 37.1 Å². The number of carbonyl (C=O) groups excluding carboxylic acids is 1. The highest BCUT2D eigenvalue weighted by atomic mass is 16.2. The van der Waals surface area contributed by atoms with Gasteiger partial charge < -0.3 is 10.4 Å². The van der Waals surface area contributed by atoms with Crippen LogP contribution in [0.3, 0.4) is 0 Å². The molecule has 0 heterocycles. The number of aliphatic hydroxyl groups excluding tert-OH is 1. The molecule has 2 N–H and O–H groups in total. The topological polar surface area (TPSA) is 49.3 Å². The second kappa shape index (κ2) is 8.39. The van der Waals surface area contributed by atoms with E-state index in [1.165, 1.54) is 0 Å². The first-order chi connectivity index (χ1) is 9.58. The van der Waals surface area contributed by atoms with Crippen molar-refractivity contribution in [2.24, 2.45) is 5.92 Å². The lowest BCUT2D eigenvalue weighted by Crippen LogP contribution is -2.36. The number of nitrogens with one attached hydrogen (secondary N) is 1. The molecule has 20 heavy (non-hydrogen) atoms. The van der Waals surface area contributed by atoms with E-state index in [0.717, 1.165) is 12.0 Å². The highest BCUT2D eigenvalue weighted by Gasteiger charge is 2.14. The van der Waals surface area contributed by atoms with E-state index in [1.807, 2.05) is 19.1 Å². The van der Waals surface area contributed by atoms with Gasteiger partial charge in [-0.1, -0.05) is 32.1 Å². The summed E-state index contributed by atoms with van der Waals surface area (Å²) in [4.78, 5) is 12.1. The van der Waals surface area contributed by atoms with E-state index in [1.54, 1.807) is 12.1 Å². The molecule has 108 valence electrons. The molecule has 0 saturated heterocycles. The van der Waals surface area contributed by atoms with Gasteiger partial charge in [0, 0.05) is 23.6 Å². The van der Waals surface area contributed by atoms with E-state index in [-0.39, 0.29) is 18.6 Å². The quantitative estimate of drug-likeness (QED) is 0.810. The van der Waals surface area contributed by atoms with Crippen LogP contribution >= 0.6 is 0 Å². The number of carbonyl (C=O) groups is 1. The van der Waals surface area contributed by atoms with Crippen LogP contribution in [0.5, 0.6) is 0 Å². The summed E-state index contributed by atoms with van der Waals surface area (Å²) < 4.78 is 0. The van der Waals surface area contributed by atoms with E-state index in [2.05, 4.69) is 31.0 Å². The number of hydrogen-bond acceptors (Lipinski definition) is 2. The first-order valence-electron chi connectivity index (χ1n) is 7.09. The largest absolute Gasteiger partial charge is 0.395 e. The molecule has 0 spiro atoms. The third-order valence-electron chi connectivity index (χ3n) is 3.47. The Labute approximate surface area is 121 Å². The van der Waals surface area contributed by atoms with Crippen LogP contribution in [0.2, 0.25) is 0 Å². The van der Waals surface area contributed by atoms with Gasteiger partial charge >= 0.3 is 0 Å². The predicted molar refractivity (Wildman–Crippen MR) is 81.4 cm³/mol. The molecule has 0 aliphatic rings. The van der Waals surface area contributed by atoms with E-state index in [9.17, 15) is 4.79 Å². The molecule has 0 saturated carbocycles. The van der Waals surface area contributed by atoms with Crippen molar-refractivity contribution in [1.82, 2.24) is 5.32 Å². The molecule has 0 fully saturated rings. The van der Waals surface area contributed by atoms with Crippen molar-refractivity contribution in [3.05, 3.63) is 35.4 Å². The lowest BCUT2D eigenvalue weighted by Gasteiger charge is -2.19. The molecule has 1 aromatic rings. The Bertz CT molecular complexity index is 482. The van der Waals surface area contributed by atoms with Gasteiger partial charge in [-0.25, -0.2) is 0 Å². The smallest absolute Gasteiger partial charge is 0.251 e. The molecule has 1 amide bonds. The van der Waals surface area contributed by atoms with Crippen LogP contribution in [0.25, 0.3) is 0 Å². The zero-order chi connectivity index (χ0) is 15.0. The van der Waals surface area contributed by atoms with Gasteiger partial charge in [0.2, 0.25) is 0 Å². The van der Waals surface area contributed by atoms with Gasteiger partial charge in [-0.15, -0.1) is 0 Å². The molecule has 3 nitrogen and oxygen atoms in total. The van der Waals surface area contributed by atoms with Gasteiger partial charge in [0.05, 0.1) is 6.61 Å². The van der Waals surface area contributed by atoms with E-state index < -0.39 is 0 Å². The van der Waals surface area contributed by atoms with Crippen molar-refractivity contribution in [2.75, 3.05) is 6.61 Å². The molecular weight excluding hydrogens is 250 g/mol. The fourth-order valence-electron chi connectivity index (χ4n) is 1.71. The highest BCUT2D eigenvalue weighted by molar-refractivity contribution is 5.94. The zero-order valence-electron chi connectivity index (χ0n) is 12.4. The van der Waals surface area contributed by atoms with Crippen LogP contribution in [-0.2, 0) is 0 Å². The molecule has 1 rings (SSSR count). The molecule has 3 heteroatoms. The van der Waals surface area contributed by atoms with Crippen molar-refractivity contribution >= 4 is 5.91 Å². The molecule has 0 radical (unpaired) electrons. The van der Waals surface area contributed by atoms with Crippen LogP contribution in [0, 0.1) is 17.8 Å². The summed E-state index contributed by atoms with van der Waals surface area (Å²) in [6.45, 7) is 6.35. The van der Waals surface area contributed by atoms with Gasteiger partial charge in [0.25, 0.3) is 5.91 Å². The van der Waals surface area contributed by atoms with E-state index in [4.69, 9.17) is 5.11 Å². The fourth-order valence-corrected chi connectivity index (χ4v) is 1.71. The maximum Gasteiger partial charge on any atom is 0.251 e. The van der Waals surface area contributed by atoms with Crippen LogP contribution < -0.4 is 5.32 Å². The Balaban J connectivity index is 2.64. The minimum atomic E-state index is -0.0485. The summed E-state index contributed by atoms with van der Waals surface area (Å²) in [5.41, 5.74) is 1.50. The summed E-state index contributed by atoms with van der Waals surface area (Å²) in [6, 6.07) is 7.38. The normalized spacial score (nSPS) is 13.0. The Morgan fingerprint density at radius 3 is 2.50 bits per heavy atom. The lowest BCUT2D eigenvalue weighted by atomic mass is 10.0. The summed E-state index contributed by atoms with van der Waals surface area (Å²) in [7, 11) is 0. The average molecular weight is 273 g/mol. The van der Waals surface area contributed by atoms with Crippen LogP contribution in [0.15, 0.2) is 24.3 Å². The minimum absolute atomic E-state index is 0.0485. The lowest BCUT2D eigenvalue weighted by molar-refractivity contribution is 0.0928. The van der Waals surface area contributed by atoms with Crippen LogP contribution in [-0.4, -0.2) is 23.7 Å². The average Bonchev–Trinajstić information content (AvgIpc) is 2.47. The third kappa shape index (κ3) is 5.07. The van der Waals surface area contributed by atoms with Crippen molar-refractivity contribution in [1.29, 1.82) is 0 Å². The monoisotopic (exact) mass is 273 g/mol. The highest BCUT2D eigenvalue weighted by Crippen LogP contribution is 2.09. The van der Waals surface area contributed by atoms with Gasteiger partial charge in [0.1, 0.15) is 0 Å². The minimum Gasteiger partial charge on any atom is -0.395 e. The number of aliphatic hydroxyl groups is 1. The van der Waals surface area contributed by atoms with Crippen LogP contribution in [0.1, 0.15) is 49.5 Å². The van der Waals surface area contributed by atoms with E-state index >= 15 is 0 Å². The maximum absolute atomic E-state index is 12.1. The Kier molecular flexibility index (Phi) is 6.83. The Hall–Kier alpha value is -1.79. The predicted octanol–water partition coefficient (Wildman–Crippen LogP) is 2.58. The summed E-state index contributed by atoms with van der Waals surface area (Å²) in [5, 5.41) is 11.7. The molecule has 0 bridgehead atoms. The summed E-state index contributed by atoms with van der Waals surface area (Å²) >= 11 is 0. The van der Waals surface area contributed by atoms with Crippen molar-refractivity contribution in [3.63, 3.8) is 0 Å². The second-order valence-corrected chi connectivity index (χ2v) is 5.00. The zero-order valence-corrected chi connectivity index (χ0v) is 12.4. The molecule has 0 aliphatic carbocycles. The number of hydrogen-bond donors (Lipinski definition) is 2. The van der Waals surface area contributed by atoms with Crippen molar-refractivity contribution in [2.45, 2.75) is 39.7 Å².